The first-order valence-corrected chi connectivity index (χ1v) is 9.24. The third-order valence-corrected chi connectivity index (χ3v) is 4.65. The second-order valence-corrected chi connectivity index (χ2v) is 6.57. The fourth-order valence-corrected chi connectivity index (χ4v) is 3.06. The molecule has 0 saturated heterocycles. The highest BCUT2D eigenvalue weighted by atomic mass is 35.5. The number of hydrogen-bond donors (Lipinski definition) is 1. The molecular weight excluding hydrogens is 378 g/mol. The molecule has 0 aliphatic carbocycles. The lowest BCUT2D eigenvalue weighted by Gasteiger charge is -2.19. The normalized spacial score (nSPS) is 11.7. The zero-order valence-electron chi connectivity index (χ0n) is 15.6. The summed E-state index contributed by atoms with van der Waals surface area (Å²) in [7, 11) is 1.27. The van der Waals surface area contributed by atoms with Crippen LogP contribution in [-0.2, 0) is 9.53 Å². The van der Waals surface area contributed by atoms with Gasteiger partial charge in [-0.25, -0.2) is 4.79 Å². The SMILES string of the molecule is CCC(Oc1cccc2ccccc12)C(=O)Nc1ccc(Cl)c(C(=O)OC)c1. The zero-order valence-corrected chi connectivity index (χ0v) is 16.3. The predicted octanol–water partition coefficient (Wildman–Crippen LogP) is 5.08. The van der Waals surface area contributed by atoms with Gasteiger partial charge in [-0.15, -0.1) is 0 Å². The van der Waals surface area contributed by atoms with Gasteiger partial charge in [-0.2, -0.15) is 0 Å². The number of hydrogen-bond acceptors (Lipinski definition) is 4. The Labute approximate surface area is 168 Å². The Bertz CT molecular complexity index is 1010. The molecule has 0 aromatic heterocycles. The van der Waals surface area contributed by atoms with Crippen LogP contribution in [0.1, 0.15) is 23.7 Å². The molecule has 28 heavy (non-hydrogen) atoms. The Balaban J connectivity index is 1.80. The zero-order chi connectivity index (χ0) is 20.1. The van der Waals surface area contributed by atoms with Gasteiger partial charge in [-0.3, -0.25) is 4.79 Å². The number of rotatable bonds is 6. The van der Waals surface area contributed by atoms with Crippen LogP contribution in [0.5, 0.6) is 5.75 Å². The van der Waals surface area contributed by atoms with Gasteiger partial charge < -0.3 is 14.8 Å². The lowest BCUT2D eigenvalue weighted by atomic mass is 10.1. The number of nitrogens with one attached hydrogen (secondary N) is 1. The highest BCUT2D eigenvalue weighted by Crippen LogP contribution is 2.27. The molecular formula is C22H20ClNO4. The summed E-state index contributed by atoms with van der Waals surface area (Å²) in [6, 6.07) is 18.2. The number of amides is 1. The number of esters is 1. The van der Waals surface area contributed by atoms with E-state index in [4.69, 9.17) is 21.1 Å². The molecule has 1 N–H and O–H groups in total. The largest absolute Gasteiger partial charge is 0.480 e. The van der Waals surface area contributed by atoms with Crippen molar-refractivity contribution in [1.29, 1.82) is 0 Å². The molecule has 0 bridgehead atoms. The standard InChI is InChI=1S/C22H20ClNO4/c1-3-19(28-20-10-6-8-14-7-4-5-9-16(14)20)21(25)24-15-11-12-18(23)17(13-15)22(26)27-2/h4-13,19H,3H2,1-2H3,(H,24,25). The summed E-state index contributed by atoms with van der Waals surface area (Å²) in [5, 5.41) is 5.01. The van der Waals surface area contributed by atoms with Gasteiger partial charge in [0, 0.05) is 11.1 Å². The van der Waals surface area contributed by atoms with Gasteiger partial charge in [0.25, 0.3) is 5.91 Å². The van der Waals surface area contributed by atoms with E-state index in [0.29, 0.717) is 17.9 Å². The van der Waals surface area contributed by atoms with Crippen molar-refractivity contribution in [3.8, 4) is 5.75 Å². The Hall–Kier alpha value is -3.05. The quantitative estimate of drug-likeness (QED) is 0.589. The summed E-state index contributed by atoms with van der Waals surface area (Å²) in [5.41, 5.74) is 0.625. The molecule has 1 atom stereocenters. The minimum atomic E-state index is -0.692. The monoisotopic (exact) mass is 397 g/mol. The number of carbonyl (C=O) groups excluding carboxylic acids is 2. The van der Waals surface area contributed by atoms with Gasteiger partial charge in [0.1, 0.15) is 5.75 Å². The molecule has 0 heterocycles. The molecule has 144 valence electrons. The molecule has 1 unspecified atom stereocenters. The van der Waals surface area contributed by atoms with Crippen LogP contribution < -0.4 is 10.1 Å². The Morgan fingerprint density at radius 2 is 1.82 bits per heavy atom. The molecule has 3 aromatic carbocycles. The first-order chi connectivity index (χ1) is 13.5. The van der Waals surface area contributed by atoms with Crippen molar-refractivity contribution in [2.24, 2.45) is 0 Å². The van der Waals surface area contributed by atoms with E-state index < -0.39 is 12.1 Å². The number of anilines is 1. The number of halogens is 1. The Kier molecular flexibility index (Phi) is 6.16. The summed E-state index contributed by atoms with van der Waals surface area (Å²) in [4.78, 5) is 24.5. The Morgan fingerprint density at radius 3 is 2.57 bits per heavy atom. The average molecular weight is 398 g/mol. The maximum atomic E-state index is 12.7. The van der Waals surface area contributed by atoms with Crippen LogP contribution in [0, 0.1) is 0 Å². The Morgan fingerprint density at radius 1 is 1.07 bits per heavy atom. The molecule has 6 heteroatoms. The van der Waals surface area contributed by atoms with Crippen LogP contribution in [0.2, 0.25) is 5.02 Å². The van der Waals surface area contributed by atoms with E-state index in [9.17, 15) is 9.59 Å². The van der Waals surface area contributed by atoms with Crippen LogP contribution in [0.4, 0.5) is 5.69 Å². The summed E-state index contributed by atoms with van der Waals surface area (Å²) in [6.07, 6.45) is -0.213. The minimum absolute atomic E-state index is 0.185. The summed E-state index contributed by atoms with van der Waals surface area (Å²) in [5.74, 6) is -0.236. The van der Waals surface area contributed by atoms with E-state index in [1.807, 2.05) is 49.4 Å². The number of fused-ring (bicyclic) bond motifs is 1. The van der Waals surface area contributed by atoms with Crippen LogP contribution in [0.15, 0.2) is 60.7 Å². The van der Waals surface area contributed by atoms with Crippen molar-refractivity contribution in [3.05, 3.63) is 71.2 Å². The summed E-state index contributed by atoms with van der Waals surface area (Å²) >= 11 is 6.02. The topological polar surface area (TPSA) is 64.6 Å². The van der Waals surface area contributed by atoms with E-state index in [-0.39, 0.29) is 16.5 Å². The molecule has 0 spiro atoms. The fourth-order valence-electron chi connectivity index (χ4n) is 2.87. The van der Waals surface area contributed by atoms with Gasteiger partial charge in [0.2, 0.25) is 0 Å². The third kappa shape index (κ3) is 4.26. The van der Waals surface area contributed by atoms with Gasteiger partial charge >= 0.3 is 5.97 Å². The molecule has 0 aliphatic rings. The van der Waals surface area contributed by atoms with Crippen molar-refractivity contribution in [2.45, 2.75) is 19.4 Å². The molecule has 5 nitrogen and oxygen atoms in total. The summed E-state index contributed by atoms with van der Waals surface area (Å²) < 4.78 is 10.7. The van der Waals surface area contributed by atoms with Gasteiger partial charge in [0.15, 0.2) is 6.10 Å². The maximum Gasteiger partial charge on any atom is 0.339 e. The van der Waals surface area contributed by atoms with Gasteiger partial charge in [0.05, 0.1) is 17.7 Å². The third-order valence-electron chi connectivity index (χ3n) is 4.32. The average Bonchev–Trinajstić information content (AvgIpc) is 2.72. The maximum absolute atomic E-state index is 12.7. The number of ether oxygens (including phenoxy) is 2. The molecule has 0 saturated carbocycles. The summed E-state index contributed by atoms with van der Waals surface area (Å²) in [6.45, 7) is 1.87. The van der Waals surface area contributed by atoms with Crippen LogP contribution in [0.3, 0.4) is 0 Å². The van der Waals surface area contributed by atoms with Crippen molar-refractivity contribution >= 4 is 39.9 Å². The van der Waals surface area contributed by atoms with Crippen LogP contribution in [-0.4, -0.2) is 25.1 Å². The highest BCUT2D eigenvalue weighted by molar-refractivity contribution is 6.33. The van der Waals surface area contributed by atoms with E-state index in [2.05, 4.69) is 5.32 Å². The van der Waals surface area contributed by atoms with Crippen LogP contribution >= 0.6 is 11.6 Å². The molecule has 3 rings (SSSR count). The van der Waals surface area contributed by atoms with E-state index >= 15 is 0 Å². The molecule has 0 radical (unpaired) electrons. The van der Waals surface area contributed by atoms with Crippen molar-refractivity contribution < 1.29 is 19.1 Å². The van der Waals surface area contributed by atoms with Crippen molar-refractivity contribution in [3.63, 3.8) is 0 Å². The molecule has 0 aliphatic heterocycles. The smallest absolute Gasteiger partial charge is 0.339 e. The van der Waals surface area contributed by atoms with Crippen LogP contribution in [0.25, 0.3) is 10.8 Å². The number of methoxy groups -OCH3 is 1. The van der Waals surface area contributed by atoms with E-state index in [1.54, 1.807) is 6.07 Å². The van der Waals surface area contributed by atoms with Gasteiger partial charge in [-0.05, 0) is 36.1 Å². The lowest BCUT2D eigenvalue weighted by Crippen LogP contribution is -2.32. The molecule has 0 fully saturated rings. The molecule has 3 aromatic rings. The second-order valence-electron chi connectivity index (χ2n) is 6.17. The van der Waals surface area contributed by atoms with Crippen molar-refractivity contribution in [2.75, 3.05) is 12.4 Å². The van der Waals surface area contributed by atoms with E-state index in [0.717, 1.165) is 10.8 Å². The fraction of sp³-hybridized carbons (Fsp3) is 0.182. The first kappa shape index (κ1) is 19.7. The number of benzene rings is 3. The highest BCUT2D eigenvalue weighted by Gasteiger charge is 2.20. The minimum Gasteiger partial charge on any atom is -0.480 e. The lowest BCUT2D eigenvalue weighted by molar-refractivity contribution is -0.122. The number of carbonyl (C=O) groups is 2. The molecule has 1 amide bonds. The van der Waals surface area contributed by atoms with Gasteiger partial charge in [-0.1, -0.05) is 54.9 Å². The predicted molar refractivity (Wildman–Crippen MR) is 110 cm³/mol. The second kappa shape index (κ2) is 8.76. The van der Waals surface area contributed by atoms with Crippen molar-refractivity contribution in [1.82, 2.24) is 0 Å². The first-order valence-electron chi connectivity index (χ1n) is 8.86. The van der Waals surface area contributed by atoms with E-state index in [1.165, 1.54) is 19.2 Å².